The van der Waals surface area contributed by atoms with Crippen LogP contribution in [0.15, 0.2) is 48.5 Å². The number of rotatable bonds is 6. The molecule has 2 aromatic rings. The van der Waals surface area contributed by atoms with Gasteiger partial charge in [-0.1, -0.05) is 36.4 Å². The van der Waals surface area contributed by atoms with E-state index in [1.165, 1.54) is 12.1 Å². The summed E-state index contributed by atoms with van der Waals surface area (Å²) in [5.74, 6) is -1.91. The highest BCUT2D eigenvalue weighted by Gasteiger charge is 2.45. The standard InChI is InChI=1S/C19H19F2NO2/c20-13-6-7-14(17(21)10-13)15-11-16(15)19(24)22-18(8-9-23)12-4-2-1-3-5-12/h1-7,10,15-16,18,23H,8-9,11H2,(H,22,24). The van der Waals surface area contributed by atoms with E-state index >= 15 is 0 Å². The second kappa shape index (κ2) is 7.09. The van der Waals surface area contributed by atoms with Crippen molar-refractivity contribution in [3.8, 4) is 0 Å². The monoisotopic (exact) mass is 331 g/mol. The number of aliphatic hydroxyl groups excluding tert-OH is 1. The molecular weight excluding hydrogens is 312 g/mol. The van der Waals surface area contributed by atoms with Gasteiger partial charge in [-0.2, -0.15) is 0 Å². The van der Waals surface area contributed by atoms with Crippen LogP contribution in [-0.4, -0.2) is 17.6 Å². The summed E-state index contributed by atoms with van der Waals surface area (Å²) < 4.78 is 26.8. The number of hydrogen-bond donors (Lipinski definition) is 2. The molecule has 0 aliphatic heterocycles. The number of halogens is 2. The highest BCUT2D eigenvalue weighted by atomic mass is 19.1. The third kappa shape index (κ3) is 3.62. The van der Waals surface area contributed by atoms with Crippen LogP contribution < -0.4 is 5.32 Å². The van der Waals surface area contributed by atoms with E-state index in [0.29, 0.717) is 18.4 Å². The first kappa shape index (κ1) is 16.6. The fraction of sp³-hybridized carbons (Fsp3) is 0.316. The van der Waals surface area contributed by atoms with Gasteiger partial charge in [-0.25, -0.2) is 8.78 Å². The van der Waals surface area contributed by atoms with E-state index < -0.39 is 11.6 Å². The molecule has 5 heteroatoms. The third-order valence-corrected chi connectivity index (χ3v) is 4.43. The van der Waals surface area contributed by atoms with Crippen LogP contribution in [0.4, 0.5) is 8.78 Å². The molecule has 0 heterocycles. The Labute approximate surface area is 139 Å². The lowest BCUT2D eigenvalue weighted by Crippen LogP contribution is -2.30. The van der Waals surface area contributed by atoms with Gasteiger partial charge in [-0.05, 0) is 36.0 Å². The number of amides is 1. The topological polar surface area (TPSA) is 49.3 Å². The van der Waals surface area contributed by atoms with Gasteiger partial charge in [0.25, 0.3) is 0 Å². The van der Waals surface area contributed by atoms with Crippen LogP contribution in [0.3, 0.4) is 0 Å². The minimum absolute atomic E-state index is 0.0411. The second-order valence-electron chi connectivity index (χ2n) is 6.10. The van der Waals surface area contributed by atoms with Crippen molar-refractivity contribution in [3.05, 3.63) is 71.3 Å². The van der Waals surface area contributed by atoms with Gasteiger partial charge >= 0.3 is 0 Å². The minimum Gasteiger partial charge on any atom is -0.396 e. The normalized spacial score (nSPS) is 20.5. The van der Waals surface area contributed by atoms with Crippen molar-refractivity contribution in [2.24, 2.45) is 5.92 Å². The number of benzene rings is 2. The molecule has 3 nitrogen and oxygen atoms in total. The Morgan fingerprint density at radius 3 is 2.62 bits per heavy atom. The lowest BCUT2D eigenvalue weighted by Gasteiger charge is -2.18. The summed E-state index contributed by atoms with van der Waals surface area (Å²) in [6.45, 7) is -0.0411. The zero-order chi connectivity index (χ0) is 17.1. The molecule has 0 aromatic heterocycles. The summed E-state index contributed by atoms with van der Waals surface area (Å²) in [6, 6.07) is 12.6. The van der Waals surface area contributed by atoms with Crippen molar-refractivity contribution < 1.29 is 18.7 Å². The summed E-state index contributed by atoms with van der Waals surface area (Å²) in [5, 5.41) is 12.2. The van der Waals surface area contributed by atoms with Gasteiger partial charge in [0.2, 0.25) is 5.91 Å². The minimum atomic E-state index is -0.620. The van der Waals surface area contributed by atoms with Gasteiger partial charge in [0.15, 0.2) is 0 Å². The lowest BCUT2D eigenvalue weighted by molar-refractivity contribution is -0.123. The van der Waals surface area contributed by atoms with Crippen molar-refractivity contribution in [1.82, 2.24) is 5.32 Å². The number of nitrogens with one attached hydrogen (secondary N) is 1. The molecule has 24 heavy (non-hydrogen) atoms. The summed E-state index contributed by atoms with van der Waals surface area (Å²) in [4.78, 5) is 12.4. The zero-order valence-electron chi connectivity index (χ0n) is 13.1. The smallest absolute Gasteiger partial charge is 0.224 e. The molecule has 2 aromatic carbocycles. The average Bonchev–Trinajstić information content (AvgIpc) is 3.36. The van der Waals surface area contributed by atoms with Crippen LogP contribution in [0.25, 0.3) is 0 Å². The Bertz CT molecular complexity index is 721. The summed E-state index contributed by atoms with van der Waals surface area (Å²) in [5.41, 5.74) is 1.31. The van der Waals surface area contributed by atoms with Crippen molar-refractivity contribution in [3.63, 3.8) is 0 Å². The molecule has 0 spiro atoms. The molecule has 1 saturated carbocycles. The summed E-state index contributed by atoms with van der Waals surface area (Å²) in [7, 11) is 0. The van der Waals surface area contributed by atoms with Crippen LogP contribution >= 0.6 is 0 Å². The molecule has 1 aliphatic rings. The number of carbonyl (C=O) groups excluding carboxylic acids is 1. The first-order valence-electron chi connectivity index (χ1n) is 8.01. The maximum absolute atomic E-state index is 13.8. The highest BCUT2D eigenvalue weighted by Crippen LogP contribution is 2.48. The molecule has 126 valence electrons. The molecule has 3 unspecified atom stereocenters. The molecule has 0 saturated heterocycles. The summed E-state index contributed by atoms with van der Waals surface area (Å²) in [6.07, 6.45) is 0.965. The van der Waals surface area contributed by atoms with E-state index in [-0.39, 0.29) is 30.4 Å². The molecule has 0 bridgehead atoms. The molecule has 1 aliphatic carbocycles. The first-order valence-corrected chi connectivity index (χ1v) is 8.01. The Hall–Kier alpha value is -2.27. The third-order valence-electron chi connectivity index (χ3n) is 4.43. The Morgan fingerprint density at radius 2 is 1.96 bits per heavy atom. The van der Waals surface area contributed by atoms with Crippen molar-refractivity contribution >= 4 is 5.91 Å². The number of carbonyl (C=O) groups is 1. The Balaban J connectivity index is 1.67. The van der Waals surface area contributed by atoms with Gasteiger partial charge in [0, 0.05) is 18.6 Å². The fourth-order valence-electron chi connectivity index (χ4n) is 3.05. The number of aliphatic hydroxyl groups is 1. The quantitative estimate of drug-likeness (QED) is 0.853. The Kier molecular flexibility index (Phi) is 4.90. The van der Waals surface area contributed by atoms with Crippen molar-refractivity contribution in [1.29, 1.82) is 0 Å². The van der Waals surface area contributed by atoms with E-state index in [1.807, 2.05) is 30.3 Å². The van der Waals surface area contributed by atoms with E-state index in [2.05, 4.69) is 5.32 Å². The summed E-state index contributed by atoms with van der Waals surface area (Å²) >= 11 is 0. The molecule has 3 rings (SSSR count). The van der Waals surface area contributed by atoms with Crippen molar-refractivity contribution in [2.75, 3.05) is 6.61 Å². The molecule has 3 atom stereocenters. The molecule has 0 radical (unpaired) electrons. The predicted molar refractivity (Wildman–Crippen MR) is 86.2 cm³/mol. The molecule has 1 fully saturated rings. The highest BCUT2D eigenvalue weighted by molar-refractivity contribution is 5.83. The maximum atomic E-state index is 13.8. The molecule has 1 amide bonds. The number of hydrogen-bond acceptors (Lipinski definition) is 2. The van der Waals surface area contributed by atoms with Crippen LogP contribution in [0.2, 0.25) is 0 Å². The average molecular weight is 331 g/mol. The largest absolute Gasteiger partial charge is 0.396 e. The van der Waals surface area contributed by atoms with Crippen LogP contribution in [-0.2, 0) is 4.79 Å². The van der Waals surface area contributed by atoms with E-state index in [9.17, 15) is 18.7 Å². The van der Waals surface area contributed by atoms with Gasteiger partial charge < -0.3 is 10.4 Å². The van der Waals surface area contributed by atoms with E-state index in [0.717, 1.165) is 11.6 Å². The lowest BCUT2D eigenvalue weighted by atomic mass is 10.0. The zero-order valence-corrected chi connectivity index (χ0v) is 13.1. The molecule has 2 N–H and O–H groups in total. The van der Waals surface area contributed by atoms with Gasteiger partial charge in [-0.15, -0.1) is 0 Å². The maximum Gasteiger partial charge on any atom is 0.224 e. The van der Waals surface area contributed by atoms with Gasteiger partial charge in [0.1, 0.15) is 11.6 Å². The van der Waals surface area contributed by atoms with Crippen LogP contribution in [0, 0.1) is 17.6 Å². The van der Waals surface area contributed by atoms with E-state index in [1.54, 1.807) is 0 Å². The molecular formula is C19H19F2NO2. The predicted octanol–water partition coefficient (Wildman–Crippen LogP) is 3.31. The SMILES string of the molecule is O=C(NC(CCO)c1ccccc1)C1CC1c1ccc(F)cc1F. The first-order chi connectivity index (χ1) is 11.6. The van der Waals surface area contributed by atoms with Crippen LogP contribution in [0.5, 0.6) is 0 Å². The van der Waals surface area contributed by atoms with Crippen LogP contribution in [0.1, 0.15) is 35.9 Å². The van der Waals surface area contributed by atoms with Crippen molar-refractivity contribution in [2.45, 2.75) is 24.8 Å². The fourth-order valence-corrected chi connectivity index (χ4v) is 3.05. The van der Waals surface area contributed by atoms with Gasteiger partial charge in [-0.3, -0.25) is 4.79 Å². The van der Waals surface area contributed by atoms with Gasteiger partial charge in [0.05, 0.1) is 6.04 Å². The second-order valence-corrected chi connectivity index (χ2v) is 6.10. The van der Waals surface area contributed by atoms with E-state index in [4.69, 9.17) is 0 Å². The Morgan fingerprint density at radius 1 is 1.21 bits per heavy atom.